The summed E-state index contributed by atoms with van der Waals surface area (Å²) in [4.78, 5) is 32.7. The number of aromatic nitrogens is 1. The zero-order valence-corrected chi connectivity index (χ0v) is 29.9. The summed E-state index contributed by atoms with van der Waals surface area (Å²) < 4.78 is 31.8. The highest BCUT2D eigenvalue weighted by molar-refractivity contribution is 9.10. The van der Waals surface area contributed by atoms with Gasteiger partial charge in [0.25, 0.3) is 5.56 Å². The van der Waals surface area contributed by atoms with Crippen molar-refractivity contribution >= 4 is 55.2 Å². The van der Waals surface area contributed by atoms with E-state index in [0.717, 1.165) is 5.56 Å². The number of hydrogen-bond acceptors (Lipinski definition) is 9. The summed E-state index contributed by atoms with van der Waals surface area (Å²) >= 11 is 8.50. The second kappa shape index (κ2) is 14.7. The maximum absolute atomic E-state index is 14.2. The molecule has 0 radical (unpaired) electrons. The van der Waals surface area contributed by atoms with Crippen molar-refractivity contribution < 1.29 is 28.5 Å². The summed E-state index contributed by atoms with van der Waals surface area (Å²) in [5.74, 6) is 1.50. The highest BCUT2D eigenvalue weighted by Crippen LogP contribution is 2.41. The van der Waals surface area contributed by atoms with Crippen LogP contribution in [0, 0.1) is 0 Å². The average Bonchev–Trinajstić information content (AvgIpc) is 3.34. The summed E-state index contributed by atoms with van der Waals surface area (Å²) in [6.45, 7) is 6.32. The fourth-order valence-corrected chi connectivity index (χ4v) is 7.28. The second-order valence-electron chi connectivity index (χ2n) is 10.1. The highest BCUT2D eigenvalue weighted by Gasteiger charge is 2.35. The van der Waals surface area contributed by atoms with Crippen molar-refractivity contribution in [2.24, 2.45) is 4.99 Å². The maximum atomic E-state index is 14.2. The van der Waals surface area contributed by atoms with Gasteiger partial charge in [0, 0.05) is 4.47 Å². The predicted molar refractivity (Wildman–Crippen MR) is 184 cm³/mol. The van der Waals surface area contributed by atoms with Crippen molar-refractivity contribution in [1.29, 1.82) is 0 Å². The molecular weight excluding hydrogens is 740 g/mol. The number of carbonyl (C=O) groups excluding carboxylic acids is 1. The van der Waals surface area contributed by atoms with E-state index < -0.39 is 12.0 Å². The number of thiazole rings is 1. The Morgan fingerprint density at radius 3 is 2.37 bits per heavy atom. The summed E-state index contributed by atoms with van der Waals surface area (Å²) in [6.07, 6.45) is 1.77. The standard InChI is InChI=1S/C34H32Br2N2O7S/c1-6-43-26-17-23(35)22(16-25(26)41-4)30-29(33(40)44-7-2)19(3)37-34-38(30)32(39)28(46-34)15-21-13-24(36)31(27(14-21)42-5)45-18-20-11-9-8-10-12-20/h8-17,30H,6-7,18H2,1-5H3/b28-15+/t30-/m1/s1. The van der Waals surface area contributed by atoms with E-state index in [9.17, 15) is 9.59 Å². The molecular formula is C34H32Br2N2O7S. The number of hydrogen-bond donors (Lipinski definition) is 0. The molecule has 0 saturated heterocycles. The normalized spacial score (nSPS) is 14.4. The van der Waals surface area contributed by atoms with E-state index in [1.54, 1.807) is 46.3 Å². The van der Waals surface area contributed by atoms with E-state index in [2.05, 4.69) is 36.9 Å². The van der Waals surface area contributed by atoms with Crippen LogP contribution in [0.25, 0.3) is 6.08 Å². The molecule has 0 saturated carbocycles. The molecule has 2 heterocycles. The monoisotopic (exact) mass is 770 g/mol. The van der Waals surface area contributed by atoms with Gasteiger partial charge in [0.1, 0.15) is 6.61 Å². The van der Waals surface area contributed by atoms with Crippen LogP contribution in [0.4, 0.5) is 0 Å². The molecule has 46 heavy (non-hydrogen) atoms. The molecule has 1 aliphatic heterocycles. The van der Waals surface area contributed by atoms with Crippen LogP contribution in [0.15, 0.2) is 84.6 Å². The largest absolute Gasteiger partial charge is 0.493 e. The van der Waals surface area contributed by atoms with Crippen molar-refractivity contribution in [3.05, 3.63) is 111 Å². The summed E-state index contributed by atoms with van der Waals surface area (Å²) in [7, 11) is 3.11. The van der Waals surface area contributed by atoms with Crippen molar-refractivity contribution in [3.8, 4) is 23.0 Å². The van der Waals surface area contributed by atoms with Crippen LogP contribution in [-0.2, 0) is 16.1 Å². The van der Waals surface area contributed by atoms with Crippen molar-refractivity contribution in [1.82, 2.24) is 4.57 Å². The zero-order valence-electron chi connectivity index (χ0n) is 25.9. The molecule has 0 amide bonds. The first-order chi connectivity index (χ1) is 22.2. The number of ether oxygens (including phenoxy) is 5. The number of esters is 1. The number of nitrogens with zero attached hydrogens (tertiary/aromatic N) is 2. The Hall–Kier alpha value is -3.87. The van der Waals surface area contributed by atoms with Gasteiger partial charge in [-0.2, -0.15) is 0 Å². The van der Waals surface area contributed by atoms with Gasteiger partial charge in [-0.1, -0.05) is 57.6 Å². The number of carbonyl (C=O) groups is 1. The van der Waals surface area contributed by atoms with Crippen molar-refractivity contribution in [2.75, 3.05) is 27.4 Å². The smallest absolute Gasteiger partial charge is 0.338 e. The summed E-state index contributed by atoms with van der Waals surface area (Å²) in [6, 6.07) is 16.2. The fraction of sp³-hybridized carbons (Fsp3) is 0.265. The Morgan fingerprint density at radius 2 is 1.70 bits per heavy atom. The molecule has 240 valence electrons. The lowest BCUT2D eigenvalue weighted by Crippen LogP contribution is -2.40. The first-order valence-corrected chi connectivity index (χ1v) is 16.8. The van der Waals surface area contributed by atoms with Crippen LogP contribution in [0.3, 0.4) is 0 Å². The minimum absolute atomic E-state index is 0.169. The van der Waals surface area contributed by atoms with Gasteiger partial charge in [-0.25, -0.2) is 9.79 Å². The Kier molecular flexibility index (Phi) is 10.7. The third-order valence-electron chi connectivity index (χ3n) is 7.17. The van der Waals surface area contributed by atoms with E-state index in [1.807, 2.05) is 49.4 Å². The predicted octanol–water partition coefficient (Wildman–Crippen LogP) is 6.32. The Bertz CT molecular complexity index is 1990. The lowest BCUT2D eigenvalue weighted by atomic mass is 9.95. The first-order valence-electron chi connectivity index (χ1n) is 14.4. The number of methoxy groups -OCH3 is 2. The van der Waals surface area contributed by atoms with E-state index in [1.165, 1.54) is 15.9 Å². The minimum Gasteiger partial charge on any atom is -0.493 e. The molecule has 1 aromatic heterocycles. The van der Waals surface area contributed by atoms with Crippen LogP contribution >= 0.6 is 43.2 Å². The van der Waals surface area contributed by atoms with Crippen LogP contribution in [0.2, 0.25) is 0 Å². The molecule has 9 nitrogen and oxygen atoms in total. The van der Waals surface area contributed by atoms with Gasteiger partial charge in [-0.3, -0.25) is 9.36 Å². The van der Waals surface area contributed by atoms with Gasteiger partial charge < -0.3 is 23.7 Å². The molecule has 1 atom stereocenters. The van der Waals surface area contributed by atoms with E-state index in [-0.39, 0.29) is 17.7 Å². The molecule has 5 rings (SSSR count). The highest BCUT2D eigenvalue weighted by atomic mass is 79.9. The summed E-state index contributed by atoms with van der Waals surface area (Å²) in [5.41, 5.74) is 2.75. The number of rotatable bonds is 11. The Morgan fingerprint density at radius 1 is 0.957 bits per heavy atom. The molecule has 1 aliphatic rings. The molecule has 0 aliphatic carbocycles. The van der Waals surface area contributed by atoms with E-state index >= 15 is 0 Å². The third-order valence-corrected chi connectivity index (χ3v) is 9.43. The average molecular weight is 773 g/mol. The van der Waals surface area contributed by atoms with Gasteiger partial charge in [-0.05, 0) is 83.7 Å². The molecule has 0 spiro atoms. The number of fused-ring (bicyclic) bond motifs is 1. The first kappa shape index (κ1) is 33.5. The minimum atomic E-state index is -0.841. The number of benzene rings is 3. The topological polar surface area (TPSA) is 97.6 Å². The SMILES string of the molecule is CCOC(=O)C1=C(C)N=c2s/c(=C/c3cc(Br)c(OCc4ccccc4)c(OC)c3)c(=O)n2[C@@H]1c1cc(OC)c(OCC)cc1Br. The quantitative estimate of drug-likeness (QED) is 0.165. The molecule has 12 heteroatoms. The van der Waals surface area contributed by atoms with Gasteiger partial charge >= 0.3 is 5.97 Å². The maximum Gasteiger partial charge on any atom is 0.338 e. The van der Waals surface area contributed by atoms with Crippen LogP contribution in [0.1, 0.15) is 43.5 Å². The van der Waals surface area contributed by atoms with Gasteiger partial charge in [0.15, 0.2) is 27.8 Å². The Labute approximate surface area is 287 Å². The van der Waals surface area contributed by atoms with Crippen LogP contribution < -0.4 is 33.8 Å². The third kappa shape index (κ3) is 6.79. The molecule has 0 N–H and O–H groups in total. The number of halogens is 2. The molecule has 4 aromatic rings. The molecule has 0 bridgehead atoms. The molecule has 3 aromatic carbocycles. The lowest BCUT2D eigenvalue weighted by molar-refractivity contribution is -0.139. The van der Waals surface area contributed by atoms with Crippen molar-refractivity contribution in [2.45, 2.75) is 33.4 Å². The van der Waals surface area contributed by atoms with Crippen LogP contribution in [-0.4, -0.2) is 38.0 Å². The van der Waals surface area contributed by atoms with Gasteiger partial charge in [0.2, 0.25) is 0 Å². The van der Waals surface area contributed by atoms with Crippen molar-refractivity contribution in [3.63, 3.8) is 0 Å². The molecule has 0 unspecified atom stereocenters. The zero-order chi connectivity index (χ0) is 33.0. The van der Waals surface area contributed by atoms with E-state index in [4.69, 9.17) is 23.7 Å². The fourth-order valence-electron chi connectivity index (χ4n) is 5.12. The second-order valence-corrected chi connectivity index (χ2v) is 12.8. The van der Waals surface area contributed by atoms with Crippen LogP contribution in [0.5, 0.6) is 23.0 Å². The number of allylic oxidation sites excluding steroid dienone is 1. The van der Waals surface area contributed by atoms with E-state index in [0.29, 0.717) is 71.3 Å². The Balaban J connectivity index is 1.63. The molecule has 0 fully saturated rings. The summed E-state index contributed by atoms with van der Waals surface area (Å²) in [5, 5.41) is 0. The van der Waals surface area contributed by atoms with Gasteiger partial charge in [0.05, 0.1) is 53.8 Å². The van der Waals surface area contributed by atoms with Gasteiger partial charge in [-0.15, -0.1) is 0 Å². The lowest BCUT2D eigenvalue weighted by Gasteiger charge is -2.26.